The van der Waals surface area contributed by atoms with Crippen LogP contribution in [-0.4, -0.2) is 14.9 Å². The Morgan fingerprint density at radius 1 is 1.33 bits per heavy atom. The number of benzene rings is 1. The van der Waals surface area contributed by atoms with Crippen molar-refractivity contribution in [3.8, 4) is 0 Å². The number of aromatic nitrogens is 2. The zero-order valence-corrected chi connectivity index (χ0v) is 12.4. The number of aliphatic hydroxyl groups is 1. The van der Waals surface area contributed by atoms with Gasteiger partial charge in [0.1, 0.15) is 0 Å². The predicted octanol–water partition coefficient (Wildman–Crippen LogP) is 3.36. The minimum atomic E-state index is -0.536. The number of hydrogen-bond acceptors (Lipinski definition) is 2. The summed E-state index contributed by atoms with van der Waals surface area (Å²) in [7, 11) is 0. The van der Waals surface area contributed by atoms with Crippen LogP contribution in [0, 0.1) is 13.8 Å². The summed E-state index contributed by atoms with van der Waals surface area (Å²) in [6.45, 7) is 6.64. The maximum Gasteiger partial charge on any atom is 0.0940 e. The highest BCUT2D eigenvalue weighted by Crippen LogP contribution is 2.24. The Balaban J connectivity index is 2.41. The molecule has 96 valence electrons. The van der Waals surface area contributed by atoms with Crippen LogP contribution in [0.5, 0.6) is 0 Å². The van der Waals surface area contributed by atoms with E-state index in [1.165, 1.54) is 16.7 Å². The Morgan fingerprint density at radius 3 is 2.50 bits per heavy atom. The van der Waals surface area contributed by atoms with Gasteiger partial charge in [-0.2, -0.15) is 5.10 Å². The Kier molecular flexibility index (Phi) is 3.88. The van der Waals surface area contributed by atoms with Gasteiger partial charge in [0.15, 0.2) is 0 Å². The Hall–Kier alpha value is -1.13. The Labute approximate surface area is 116 Å². The molecule has 2 rings (SSSR count). The first kappa shape index (κ1) is 13.3. The number of hydrogen-bond donors (Lipinski definition) is 1. The molecule has 0 aliphatic rings. The molecule has 1 N–H and O–H groups in total. The second-order valence-electron chi connectivity index (χ2n) is 4.58. The highest BCUT2D eigenvalue weighted by molar-refractivity contribution is 9.10. The van der Waals surface area contributed by atoms with Crippen LogP contribution >= 0.6 is 15.9 Å². The molecule has 18 heavy (non-hydrogen) atoms. The van der Waals surface area contributed by atoms with Gasteiger partial charge >= 0.3 is 0 Å². The van der Waals surface area contributed by atoms with Gasteiger partial charge in [-0.05, 0) is 53.4 Å². The number of aryl methyl sites for hydroxylation is 2. The molecule has 0 fully saturated rings. The maximum absolute atomic E-state index is 9.80. The molecule has 0 saturated carbocycles. The van der Waals surface area contributed by atoms with Crippen LogP contribution in [-0.2, 0) is 6.54 Å². The molecule has 1 aromatic carbocycles. The second kappa shape index (κ2) is 5.24. The average Bonchev–Trinajstić information content (AvgIpc) is 2.65. The van der Waals surface area contributed by atoms with E-state index < -0.39 is 6.10 Å². The molecule has 0 aliphatic carbocycles. The van der Waals surface area contributed by atoms with E-state index in [-0.39, 0.29) is 0 Å². The molecule has 2 aromatic rings. The highest BCUT2D eigenvalue weighted by atomic mass is 79.9. The molecule has 0 amide bonds. The van der Waals surface area contributed by atoms with Gasteiger partial charge in [0.2, 0.25) is 0 Å². The summed E-state index contributed by atoms with van der Waals surface area (Å²) in [5, 5.41) is 14.1. The molecule has 0 bridgehead atoms. The predicted molar refractivity (Wildman–Crippen MR) is 75.6 cm³/mol. The first-order valence-corrected chi connectivity index (χ1v) is 6.74. The van der Waals surface area contributed by atoms with Gasteiger partial charge in [0.05, 0.1) is 29.0 Å². The average molecular weight is 309 g/mol. The van der Waals surface area contributed by atoms with Crippen molar-refractivity contribution in [3.05, 3.63) is 51.3 Å². The van der Waals surface area contributed by atoms with E-state index in [9.17, 15) is 5.11 Å². The lowest BCUT2D eigenvalue weighted by atomic mass is 10.0. The van der Waals surface area contributed by atoms with Gasteiger partial charge in [-0.15, -0.1) is 0 Å². The molecular weight excluding hydrogens is 292 g/mol. The quantitative estimate of drug-likeness (QED) is 0.944. The summed E-state index contributed by atoms with van der Waals surface area (Å²) >= 11 is 3.42. The van der Waals surface area contributed by atoms with E-state index >= 15 is 0 Å². The lowest BCUT2D eigenvalue weighted by Crippen LogP contribution is -2.10. The molecule has 1 aromatic heterocycles. The van der Waals surface area contributed by atoms with Gasteiger partial charge in [-0.1, -0.05) is 18.2 Å². The molecule has 3 nitrogen and oxygen atoms in total. The standard InChI is InChI=1S/C14H17BrN2O/c1-9-5-4-6-10(2)12(9)8-17-14(11(3)18)13(15)7-16-17/h4-7,11,18H,8H2,1-3H3. The monoisotopic (exact) mass is 308 g/mol. The number of nitrogens with zero attached hydrogens (tertiary/aromatic N) is 2. The van der Waals surface area contributed by atoms with E-state index in [4.69, 9.17) is 0 Å². The van der Waals surface area contributed by atoms with Crippen LogP contribution < -0.4 is 0 Å². The third kappa shape index (κ3) is 2.49. The molecule has 4 heteroatoms. The Bertz CT molecular complexity index is 541. The Morgan fingerprint density at radius 2 is 1.94 bits per heavy atom. The van der Waals surface area contributed by atoms with E-state index in [2.05, 4.69) is 53.1 Å². The van der Waals surface area contributed by atoms with Gasteiger partial charge < -0.3 is 5.11 Å². The van der Waals surface area contributed by atoms with Crippen molar-refractivity contribution in [3.63, 3.8) is 0 Å². The molecule has 1 heterocycles. The van der Waals surface area contributed by atoms with Crippen molar-refractivity contribution in [2.75, 3.05) is 0 Å². The third-order valence-corrected chi connectivity index (χ3v) is 3.79. The molecule has 1 unspecified atom stereocenters. The van der Waals surface area contributed by atoms with Crippen LogP contribution in [0.3, 0.4) is 0 Å². The molecule has 0 saturated heterocycles. The lowest BCUT2D eigenvalue weighted by Gasteiger charge is -2.14. The molecule has 0 aliphatic heterocycles. The molecule has 1 atom stereocenters. The van der Waals surface area contributed by atoms with Crippen molar-refractivity contribution in [2.45, 2.75) is 33.4 Å². The van der Waals surface area contributed by atoms with Crippen LogP contribution in [0.1, 0.15) is 35.4 Å². The van der Waals surface area contributed by atoms with Crippen molar-refractivity contribution < 1.29 is 5.11 Å². The largest absolute Gasteiger partial charge is 0.387 e. The second-order valence-corrected chi connectivity index (χ2v) is 5.44. The van der Waals surface area contributed by atoms with Gasteiger partial charge in [-0.25, -0.2) is 0 Å². The fourth-order valence-corrected chi connectivity index (χ4v) is 2.79. The molecular formula is C14H17BrN2O. The van der Waals surface area contributed by atoms with Crippen LogP contribution in [0.4, 0.5) is 0 Å². The summed E-state index contributed by atoms with van der Waals surface area (Å²) in [5.74, 6) is 0. The third-order valence-electron chi connectivity index (χ3n) is 3.18. The summed E-state index contributed by atoms with van der Waals surface area (Å²) in [4.78, 5) is 0. The fourth-order valence-electron chi connectivity index (χ4n) is 2.16. The van der Waals surface area contributed by atoms with Gasteiger partial charge in [0, 0.05) is 0 Å². The summed E-state index contributed by atoms with van der Waals surface area (Å²) in [6, 6.07) is 6.26. The summed E-state index contributed by atoms with van der Waals surface area (Å²) < 4.78 is 2.70. The number of aliphatic hydroxyl groups excluding tert-OH is 1. The zero-order valence-electron chi connectivity index (χ0n) is 10.8. The minimum absolute atomic E-state index is 0.536. The smallest absolute Gasteiger partial charge is 0.0940 e. The van der Waals surface area contributed by atoms with Crippen molar-refractivity contribution in [2.24, 2.45) is 0 Å². The zero-order chi connectivity index (χ0) is 13.3. The first-order chi connectivity index (χ1) is 8.50. The van der Waals surface area contributed by atoms with Crippen molar-refractivity contribution >= 4 is 15.9 Å². The van der Waals surface area contributed by atoms with Gasteiger partial charge in [0.25, 0.3) is 0 Å². The van der Waals surface area contributed by atoms with Crippen molar-refractivity contribution in [1.29, 1.82) is 0 Å². The van der Waals surface area contributed by atoms with E-state index in [1.54, 1.807) is 13.1 Å². The van der Waals surface area contributed by atoms with Crippen molar-refractivity contribution in [1.82, 2.24) is 9.78 Å². The molecule has 0 spiro atoms. The highest BCUT2D eigenvalue weighted by Gasteiger charge is 2.15. The van der Waals surface area contributed by atoms with E-state index in [0.717, 1.165) is 10.2 Å². The van der Waals surface area contributed by atoms with Crippen LogP contribution in [0.2, 0.25) is 0 Å². The van der Waals surface area contributed by atoms with Crippen LogP contribution in [0.15, 0.2) is 28.9 Å². The van der Waals surface area contributed by atoms with Gasteiger partial charge in [-0.3, -0.25) is 4.68 Å². The van der Waals surface area contributed by atoms with E-state index in [0.29, 0.717) is 6.54 Å². The summed E-state index contributed by atoms with van der Waals surface area (Å²) in [6.07, 6.45) is 1.20. The van der Waals surface area contributed by atoms with E-state index in [1.807, 2.05) is 4.68 Å². The minimum Gasteiger partial charge on any atom is -0.387 e. The first-order valence-electron chi connectivity index (χ1n) is 5.95. The van der Waals surface area contributed by atoms with Crippen LogP contribution in [0.25, 0.3) is 0 Å². The maximum atomic E-state index is 9.80. The fraction of sp³-hybridized carbons (Fsp3) is 0.357. The summed E-state index contributed by atoms with van der Waals surface area (Å²) in [5.41, 5.74) is 4.57. The topological polar surface area (TPSA) is 38.0 Å². The normalized spacial score (nSPS) is 12.7. The lowest BCUT2D eigenvalue weighted by molar-refractivity contribution is 0.187. The SMILES string of the molecule is Cc1cccc(C)c1Cn1ncc(Br)c1C(C)O. The molecule has 0 radical (unpaired) electrons. The number of rotatable bonds is 3. The number of halogens is 1.